The molecule has 4 heteroatoms. The van der Waals surface area contributed by atoms with Crippen LogP contribution in [0.15, 0.2) is 0 Å². The van der Waals surface area contributed by atoms with E-state index in [9.17, 15) is 0 Å². The highest BCUT2D eigenvalue weighted by molar-refractivity contribution is 6.33. The molecule has 0 aliphatic carbocycles. The Bertz CT molecular complexity index is 327. The Balaban J connectivity index is 3.14. The van der Waals surface area contributed by atoms with E-state index in [0.717, 1.165) is 18.5 Å². The maximum atomic E-state index is 6.16. The Labute approximate surface area is 96.6 Å². The van der Waals surface area contributed by atoms with Gasteiger partial charge in [-0.3, -0.25) is 0 Å². The van der Waals surface area contributed by atoms with Crippen LogP contribution in [0.5, 0.6) is 0 Å². The number of hydrogen-bond acceptors (Lipinski definition) is 2. The third-order valence-corrected chi connectivity index (χ3v) is 3.13. The fraction of sp³-hybridized carbons (Fsp3) is 0.727. The summed E-state index contributed by atoms with van der Waals surface area (Å²) in [5.74, 6) is 0.921. The van der Waals surface area contributed by atoms with Crippen molar-refractivity contribution in [2.24, 2.45) is 0 Å². The number of hydrogen-bond donors (Lipinski definition) is 1. The Kier molecular flexibility index (Phi) is 4.03. The molecule has 1 heterocycles. The van der Waals surface area contributed by atoms with Crippen molar-refractivity contribution in [1.29, 1.82) is 0 Å². The topological polar surface area (TPSA) is 43.8 Å². The minimum Gasteiger partial charge on any atom is -0.383 e. The molecule has 1 aromatic heterocycles. The number of rotatable bonds is 4. The number of nitrogens with two attached hydrogens (primary N) is 1. The standard InChI is InChI=1S/C11H20ClN3/c1-5-8(6-2)15-11(13)9(12)10(14-15)7(3)4/h7-8H,5-6,13H2,1-4H3. The summed E-state index contributed by atoms with van der Waals surface area (Å²) in [4.78, 5) is 0. The number of aromatic nitrogens is 2. The first kappa shape index (κ1) is 12.4. The van der Waals surface area contributed by atoms with Crippen molar-refractivity contribution in [1.82, 2.24) is 9.78 Å². The first-order chi connectivity index (χ1) is 7.02. The lowest BCUT2D eigenvalue weighted by Gasteiger charge is -2.14. The summed E-state index contributed by atoms with van der Waals surface area (Å²) in [5.41, 5.74) is 6.87. The van der Waals surface area contributed by atoms with Crippen LogP contribution >= 0.6 is 11.6 Å². The quantitative estimate of drug-likeness (QED) is 0.857. The number of halogens is 1. The van der Waals surface area contributed by atoms with E-state index < -0.39 is 0 Å². The van der Waals surface area contributed by atoms with Crippen molar-refractivity contribution < 1.29 is 0 Å². The number of anilines is 1. The molecule has 0 aliphatic heterocycles. The molecule has 1 aromatic rings. The largest absolute Gasteiger partial charge is 0.383 e. The van der Waals surface area contributed by atoms with E-state index in [-0.39, 0.29) is 0 Å². The lowest BCUT2D eigenvalue weighted by molar-refractivity contribution is 0.430. The lowest BCUT2D eigenvalue weighted by Crippen LogP contribution is -2.12. The van der Waals surface area contributed by atoms with Crippen molar-refractivity contribution in [3.63, 3.8) is 0 Å². The normalized spacial score (nSPS) is 11.7. The predicted octanol–water partition coefficient (Wildman–Crippen LogP) is 3.60. The monoisotopic (exact) mass is 229 g/mol. The van der Waals surface area contributed by atoms with E-state index in [0.29, 0.717) is 22.8 Å². The summed E-state index contributed by atoms with van der Waals surface area (Å²) in [7, 11) is 0. The van der Waals surface area contributed by atoms with Crippen molar-refractivity contribution in [2.45, 2.75) is 52.5 Å². The van der Waals surface area contributed by atoms with Crippen molar-refractivity contribution in [2.75, 3.05) is 5.73 Å². The summed E-state index contributed by atoms with van der Waals surface area (Å²) in [6.07, 6.45) is 2.05. The molecule has 0 radical (unpaired) electrons. The van der Waals surface area contributed by atoms with Gasteiger partial charge in [0.15, 0.2) is 0 Å². The lowest BCUT2D eigenvalue weighted by atomic mass is 10.1. The van der Waals surface area contributed by atoms with Gasteiger partial charge in [-0.2, -0.15) is 5.10 Å². The molecule has 0 amide bonds. The van der Waals surface area contributed by atoms with Gasteiger partial charge in [-0.15, -0.1) is 0 Å². The summed E-state index contributed by atoms with van der Waals surface area (Å²) < 4.78 is 1.87. The first-order valence-electron chi connectivity index (χ1n) is 5.56. The molecule has 0 bridgehead atoms. The summed E-state index contributed by atoms with van der Waals surface area (Å²) >= 11 is 6.16. The predicted molar refractivity (Wildman–Crippen MR) is 65.4 cm³/mol. The fourth-order valence-corrected chi connectivity index (χ4v) is 2.07. The van der Waals surface area contributed by atoms with Gasteiger partial charge in [0.25, 0.3) is 0 Å². The van der Waals surface area contributed by atoms with Crippen LogP contribution in [-0.4, -0.2) is 9.78 Å². The molecular weight excluding hydrogens is 210 g/mol. The van der Waals surface area contributed by atoms with Gasteiger partial charge in [-0.1, -0.05) is 39.3 Å². The van der Waals surface area contributed by atoms with Gasteiger partial charge in [-0.25, -0.2) is 4.68 Å². The van der Waals surface area contributed by atoms with E-state index in [4.69, 9.17) is 17.3 Å². The van der Waals surface area contributed by atoms with E-state index in [2.05, 4.69) is 32.8 Å². The van der Waals surface area contributed by atoms with Gasteiger partial charge >= 0.3 is 0 Å². The second kappa shape index (κ2) is 4.88. The highest BCUT2D eigenvalue weighted by Crippen LogP contribution is 2.32. The Morgan fingerprint density at radius 1 is 1.33 bits per heavy atom. The zero-order chi connectivity index (χ0) is 11.6. The number of nitrogen functional groups attached to an aromatic ring is 1. The summed E-state index contributed by atoms with van der Waals surface area (Å²) in [6, 6.07) is 0.356. The fourth-order valence-electron chi connectivity index (χ4n) is 1.73. The van der Waals surface area contributed by atoms with Gasteiger partial charge < -0.3 is 5.73 Å². The van der Waals surface area contributed by atoms with Gasteiger partial charge in [0.2, 0.25) is 0 Å². The zero-order valence-electron chi connectivity index (χ0n) is 9.92. The van der Waals surface area contributed by atoms with Crippen LogP contribution in [0.4, 0.5) is 5.82 Å². The van der Waals surface area contributed by atoms with E-state index in [1.807, 2.05) is 4.68 Å². The minimum absolute atomic E-state index is 0.315. The molecule has 15 heavy (non-hydrogen) atoms. The van der Waals surface area contributed by atoms with Crippen LogP contribution in [-0.2, 0) is 0 Å². The molecule has 86 valence electrons. The highest BCUT2D eigenvalue weighted by atomic mass is 35.5. The molecule has 0 aliphatic rings. The molecule has 3 nitrogen and oxygen atoms in total. The molecule has 0 fully saturated rings. The van der Waals surface area contributed by atoms with Crippen LogP contribution in [0.1, 0.15) is 58.2 Å². The van der Waals surface area contributed by atoms with Crippen LogP contribution in [0.3, 0.4) is 0 Å². The van der Waals surface area contributed by atoms with Gasteiger partial charge in [0.05, 0.1) is 11.7 Å². The maximum absolute atomic E-state index is 6.16. The zero-order valence-corrected chi connectivity index (χ0v) is 10.7. The Morgan fingerprint density at radius 3 is 2.20 bits per heavy atom. The number of nitrogens with zero attached hydrogens (tertiary/aromatic N) is 2. The smallest absolute Gasteiger partial charge is 0.141 e. The molecule has 2 N–H and O–H groups in total. The second-order valence-electron chi connectivity index (χ2n) is 4.15. The maximum Gasteiger partial charge on any atom is 0.141 e. The molecule has 0 saturated heterocycles. The third-order valence-electron chi connectivity index (χ3n) is 2.75. The third kappa shape index (κ3) is 2.28. The van der Waals surface area contributed by atoms with Crippen molar-refractivity contribution in [3.05, 3.63) is 10.7 Å². The van der Waals surface area contributed by atoms with Crippen LogP contribution in [0, 0.1) is 0 Å². The van der Waals surface area contributed by atoms with E-state index >= 15 is 0 Å². The SMILES string of the molecule is CCC(CC)n1nc(C(C)C)c(Cl)c1N. The van der Waals surface area contributed by atoms with Crippen molar-refractivity contribution in [3.8, 4) is 0 Å². The van der Waals surface area contributed by atoms with E-state index in [1.54, 1.807) is 0 Å². The van der Waals surface area contributed by atoms with Crippen LogP contribution in [0.2, 0.25) is 5.02 Å². The molecule has 0 saturated carbocycles. The molecular formula is C11H20ClN3. The Hall–Kier alpha value is -0.700. The average molecular weight is 230 g/mol. The summed E-state index contributed by atoms with van der Waals surface area (Å²) in [5, 5.41) is 5.13. The molecule has 0 atom stereocenters. The van der Waals surface area contributed by atoms with Crippen LogP contribution in [0.25, 0.3) is 0 Å². The Morgan fingerprint density at radius 2 is 1.87 bits per heavy atom. The first-order valence-corrected chi connectivity index (χ1v) is 5.94. The van der Waals surface area contributed by atoms with E-state index in [1.165, 1.54) is 0 Å². The van der Waals surface area contributed by atoms with Gasteiger partial charge in [0.1, 0.15) is 10.8 Å². The minimum atomic E-state index is 0.315. The molecule has 0 unspecified atom stereocenters. The molecule has 0 aromatic carbocycles. The average Bonchev–Trinajstić information content (AvgIpc) is 2.48. The van der Waals surface area contributed by atoms with Crippen LogP contribution < -0.4 is 5.73 Å². The second-order valence-corrected chi connectivity index (χ2v) is 4.53. The van der Waals surface area contributed by atoms with Gasteiger partial charge in [-0.05, 0) is 18.8 Å². The molecule has 0 spiro atoms. The molecule has 1 rings (SSSR count). The summed E-state index contributed by atoms with van der Waals surface area (Å²) in [6.45, 7) is 8.42. The highest BCUT2D eigenvalue weighted by Gasteiger charge is 2.19. The van der Waals surface area contributed by atoms with Gasteiger partial charge in [0, 0.05) is 0 Å². The van der Waals surface area contributed by atoms with Crippen molar-refractivity contribution >= 4 is 17.4 Å².